The maximum atomic E-state index is 13.3. The number of ether oxygens (including phenoxy) is 2. The van der Waals surface area contributed by atoms with Crippen LogP contribution in [0.15, 0.2) is 67.3 Å². The number of hydrogen-bond donors (Lipinski definition) is 0. The summed E-state index contributed by atoms with van der Waals surface area (Å²) in [6.45, 7) is 5.92. The number of esters is 2. The molecule has 0 amide bonds. The molecule has 2 aromatic carbocycles. The second-order valence-electron chi connectivity index (χ2n) is 6.59. The first kappa shape index (κ1) is 18.9. The van der Waals surface area contributed by atoms with Crippen LogP contribution in [0.4, 0.5) is 0 Å². The minimum atomic E-state index is -0.941. The molecule has 0 bridgehead atoms. The van der Waals surface area contributed by atoms with Crippen LogP contribution < -0.4 is 0 Å². The molecule has 1 aliphatic carbocycles. The maximum absolute atomic E-state index is 13.3. The van der Waals surface area contributed by atoms with E-state index in [2.05, 4.69) is 6.58 Å². The second-order valence-corrected chi connectivity index (χ2v) is 6.59. The molecule has 27 heavy (non-hydrogen) atoms. The lowest BCUT2D eigenvalue weighted by molar-refractivity contribution is -0.150. The number of rotatable bonds is 6. The van der Waals surface area contributed by atoms with Gasteiger partial charge < -0.3 is 9.47 Å². The van der Waals surface area contributed by atoms with Gasteiger partial charge in [-0.3, -0.25) is 9.59 Å². The molecule has 0 saturated carbocycles. The van der Waals surface area contributed by atoms with Gasteiger partial charge >= 0.3 is 11.9 Å². The van der Waals surface area contributed by atoms with Crippen LogP contribution in [0.3, 0.4) is 0 Å². The fourth-order valence-corrected chi connectivity index (χ4v) is 3.94. The van der Waals surface area contributed by atoms with Gasteiger partial charge in [0.25, 0.3) is 0 Å². The zero-order chi connectivity index (χ0) is 19.3. The van der Waals surface area contributed by atoms with Crippen molar-refractivity contribution >= 4 is 11.9 Å². The van der Waals surface area contributed by atoms with Gasteiger partial charge in [0.1, 0.15) is 12.0 Å². The summed E-state index contributed by atoms with van der Waals surface area (Å²) >= 11 is 0. The maximum Gasteiger partial charge on any atom is 0.321 e. The largest absolute Gasteiger partial charge is 0.466 e. The van der Waals surface area contributed by atoms with Crippen LogP contribution in [-0.4, -0.2) is 25.2 Å². The van der Waals surface area contributed by atoms with Crippen molar-refractivity contribution in [1.29, 1.82) is 0 Å². The van der Waals surface area contributed by atoms with Gasteiger partial charge in [0.05, 0.1) is 12.5 Å². The van der Waals surface area contributed by atoms with Gasteiger partial charge in [-0.15, -0.1) is 0 Å². The molecule has 0 radical (unpaired) electrons. The number of benzene rings is 2. The predicted octanol–water partition coefficient (Wildman–Crippen LogP) is 4.14. The Morgan fingerprint density at radius 3 is 2.52 bits per heavy atom. The van der Waals surface area contributed by atoms with Gasteiger partial charge in [-0.25, -0.2) is 0 Å². The molecule has 0 aromatic heterocycles. The number of carbonyl (C=O) groups excluding carboxylic acids is 2. The Bertz CT molecular complexity index is 827. The van der Waals surface area contributed by atoms with Crippen molar-refractivity contribution in [2.75, 3.05) is 13.2 Å². The summed E-state index contributed by atoms with van der Waals surface area (Å²) in [6, 6.07) is 17.2. The van der Waals surface area contributed by atoms with Gasteiger partial charge in [0.2, 0.25) is 0 Å². The number of carbonyl (C=O) groups is 2. The zero-order valence-corrected chi connectivity index (χ0v) is 15.5. The average molecular weight is 364 g/mol. The highest BCUT2D eigenvalue weighted by atomic mass is 16.5. The molecule has 2 aromatic rings. The fourth-order valence-electron chi connectivity index (χ4n) is 3.94. The zero-order valence-electron chi connectivity index (χ0n) is 15.5. The molecule has 0 N–H and O–H groups in total. The van der Waals surface area contributed by atoms with Gasteiger partial charge in [-0.05, 0) is 36.5 Å². The van der Waals surface area contributed by atoms with E-state index in [4.69, 9.17) is 9.47 Å². The summed E-state index contributed by atoms with van der Waals surface area (Å²) in [5.74, 6) is -0.931. The summed E-state index contributed by atoms with van der Waals surface area (Å²) < 4.78 is 10.8. The first-order valence-corrected chi connectivity index (χ1v) is 9.24. The van der Waals surface area contributed by atoms with Crippen molar-refractivity contribution in [3.63, 3.8) is 0 Å². The average Bonchev–Trinajstić information content (AvgIpc) is 2.72. The highest BCUT2D eigenvalue weighted by molar-refractivity contribution is 5.91. The Morgan fingerprint density at radius 1 is 1.11 bits per heavy atom. The van der Waals surface area contributed by atoms with Gasteiger partial charge in [-0.2, -0.15) is 0 Å². The Hall–Kier alpha value is -2.88. The van der Waals surface area contributed by atoms with Gasteiger partial charge in [0.15, 0.2) is 0 Å². The van der Waals surface area contributed by atoms with E-state index in [1.165, 1.54) is 0 Å². The van der Waals surface area contributed by atoms with Crippen molar-refractivity contribution in [3.05, 3.63) is 83.9 Å². The number of fused-ring (bicyclic) bond motifs is 1. The van der Waals surface area contributed by atoms with Gasteiger partial charge in [-0.1, -0.05) is 67.3 Å². The molecule has 3 rings (SSSR count). The van der Waals surface area contributed by atoms with Crippen molar-refractivity contribution in [3.8, 4) is 0 Å². The molecule has 0 aliphatic heterocycles. The minimum absolute atomic E-state index is 0.150. The van der Waals surface area contributed by atoms with E-state index in [1.807, 2.05) is 54.6 Å². The molecular formula is C23H24O4. The SMILES string of the molecule is C=CCOC(=O)C1(c2ccccc2)CC[C@@H](C(=O)OCC)c2ccccc21. The first-order valence-electron chi connectivity index (χ1n) is 9.24. The van der Waals surface area contributed by atoms with Crippen molar-refractivity contribution in [2.24, 2.45) is 0 Å². The Balaban J connectivity index is 2.16. The van der Waals surface area contributed by atoms with E-state index in [0.717, 1.165) is 16.7 Å². The summed E-state index contributed by atoms with van der Waals surface area (Å²) in [5, 5.41) is 0. The molecule has 1 unspecified atom stereocenters. The van der Waals surface area contributed by atoms with Crippen LogP contribution in [0.2, 0.25) is 0 Å². The molecule has 1 aliphatic rings. The van der Waals surface area contributed by atoms with E-state index in [0.29, 0.717) is 19.4 Å². The second kappa shape index (κ2) is 8.21. The smallest absolute Gasteiger partial charge is 0.321 e. The third-order valence-electron chi connectivity index (χ3n) is 5.12. The molecule has 140 valence electrons. The van der Waals surface area contributed by atoms with E-state index < -0.39 is 5.41 Å². The highest BCUT2D eigenvalue weighted by Crippen LogP contribution is 2.48. The number of hydrogen-bond acceptors (Lipinski definition) is 4. The van der Waals surface area contributed by atoms with Crippen LogP contribution >= 0.6 is 0 Å². The third kappa shape index (κ3) is 3.39. The van der Waals surface area contributed by atoms with Crippen LogP contribution in [0.5, 0.6) is 0 Å². The van der Waals surface area contributed by atoms with Gasteiger partial charge in [0, 0.05) is 0 Å². The summed E-state index contributed by atoms with van der Waals surface area (Å²) in [4.78, 5) is 25.8. The van der Waals surface area contributed by atoms with E-state index >= 15 is 0 Å². The molecule has 4 heteroatoms. The van der Waals surface area contributed by atoms with Crippen LogP contribution in [0.1, 0.15) is 42.4 Å². The topological polar surface area (TPSA) is 52.6 Å². The Kier molecular flexibility index (Phi) is 5.75. The third-order valence-corrected chi connectivity index (χ3v) is 5.12. The highest BCUT2D eigenvalue weighted by Gasteiger charge is 2.49. The molecule has 0 heterocycles. The minimum Gasteiger partial charge on any atom is -0.466 e. The first-order chi connectivity index (χ1) is 13.1. The van der Waals surface area contributed by atoms with Crippen LogP contribution in [-0.2, 0) is 24.5 Å². The lowest BCUT2D eigenvalue weighted by Gasteiger charge is -2.39. The molecular weight excluding hydrogens is 340 g/mol. The predicted molar refractivity (Wildman–Crippen MR) is 103 cm³/mol. The van der Waals surface area contributed by atoms with E-state index in [-0.39, 0.29) is 24.5 Å². The normalized spacial score (nSPS) is 21.0. The van der Waals surface area contributed by atoms with Crippen molar-refractivity contribution < 1.29 is 19.1 Å². The summed E-state index contributed by atoms with van der Waals surface area (Å²) in [5.41, 5.74) is 1.58. The molecule has 0 saturated heterocycles. The molecule has 0 spiro atoms. The standard InChI is InChI=1S/C23H24O4/c1-3-16-27-22(25)23(17-10-6-5-7-11-17)15-14-19(21(24)26-4-2)18-12-8-9-13-20(18)23/h3,5-13,19H,1,4,14-16H2,2H3/t19-,23?/m1/s1. The summed E-state index contributed by atoms with van der Waals surface area (Å²) in [6.07, 6.45) is 2.56. The molecule has 4 nitrogen and oxygen atoms in total. The molecule has 2 atom stereocenters. The Morgan fingerprint density at radius 2 is 1.81 bits per heavy atom. The quantitative estimate of drug-likeness (QED) is 0.571. The summed E-state index contributed by atoms with van der Waals surface area (Å²) in [7, 11) is 0. The van der Waals surface area contributed by atoms with Crippen LogP contribution in [0.25, 0.3) is 0 Å². The van der Waals surface area contributed by atoms with Crippen molar-refractivity contribution in [2.45, 2.75) is 31.1 Å². The fraction of sp³-hybridized carbons (Fsp3) is 0.304. The molecule has 0 fully saturated rings. The Labute approximate surface area is 159 Å². The van der Waals surface area contributed by atoms with Crippen LogP contribution in [0, 0.1) is 0 Å². The van der Waals surface area contributed by atoms with Crippen molar-refractivity contribution in [1.82, 2.24) is 0 Å². The lowest BCUT2D eigenvalue weighted by atomic mass is 9.63. The monoisotopic (exact) mass is 364 g/mol. The lowest BCUT2D eigenvalue weighted by Crippen LogP contribution is -2.43. The van der Waals surface area contributed by atoms with E-state index in [1.54, 1.807) is 13.0 Å². The van der Waals surface area contributed by atoms with E-state index in [9.17, 15) is 9.59 Å².